The van der Waals surface area contributed by atoms with Crippen LogP contribution in [0.2, 0.25) is 0 Å². The van der Waals surface area contributed by atoms with Gasteiger partial charge >= 0.3 is 7.12 Å². The number of rotatable bonds is 7. The van der Waals surface area contributed by atoms with Crippen LogP contribution in [0.5, 0.6) is 0 Å². The monoisotopic (exact) mass is 517 g/mol. The van der Waals surface area contributed by atoms with Crippen molar-refractivity contribution in [3.8, 4) is 33.4 Å². The smallest absolute Gasteiger partial charge is 0.423 e. The lowest BCUT2D eigenvalue weighted by atomic mass is 9.80. The molecule has 0 aliphatic carbocycles. The molecule has 0 heterocycles. The molecule has 0 radical (unpaired) electrons. The fourth-order valence-electron chi connectivity index (χ4n) is 5.04. The number of hydrogen-bond acceptors (Lipinski definition) is 3. The van der Waals surface area contributed by atoms with Gasteiger partial charge in [-0.1, -0.05) is 127 Å². The van der Waals surface area contributed by atoms with Crippen LogP contribution in [0.15, 0.2) is 158 Å². The maximum Gasteiger partial charge on any atom is 0.488 e. The highest BCUT2D eigenvalue weighted by Gasteiger charge is 2.18. The summed E-state index contributed by atoms with van der Waals surface area (Å²) in [6, 6.07) is 53.7. The summed E-state index contributed by atoms with van der Waals surface area (Å²) in [7, 11) is -1.51. The Morgan fingerprint density at radius 3 is 1.30 bits per heavy atom. The molecule has 0 saturated heterocycles. The van der Waals surface area contributed by atoms with Crippen molar-refractivity contribution in [2.24, 2.45) is 0 Å². The Morgan fingerprint density at radius 2 is 0.775 bits per heavy atom. The molecule has 4 heteroatoms. The van der Waals surface area contributed by atoms with Crippen molar-refractivity contribution in [2.45, 2.75) is 0 Å². The molecule has 6 aromatic rings. The molecule has 0 spiro atoms. The second-order valence-corrected chi connectivity index (χ2v) is 9.67. The number of para-hydroxylation sites is 1. The second-order valence-electron chi connectivity index (χ2n) is 9.67. The summed E-state index contributed by atoms with van der Waals surface area (Å²) in [4.78, 5) is 2.21. The van der Waals surface area contributed by atoms with E-state index < -0.39 is 7.12 Å². The van der Waals surface area contributed by atoms with Crippen molar-refractivity contribution < 1.29 is 10.0 Å². The average Bonchev–Trinajstić information content (AvgIpc) is 3.03. The van der Waals surface area contributed by atoms with Crippen molar-refractivity contribution in [2.75, 3.05) is 4.90 Å². The molecule has 2 N–H and O–H groups in total. The molecular weight excluding hydrogens is 489 g/mol. The van der Waals surface area contributed by atoms with Gasteiger partial charge in [-0.2, -0.15) is 0 Å². The van der Waals surface area contributed by atoms with E-state index in [0.29, 0.717) is 5.46 Å². The molecular formula is C36H28BNO2. The number of benzene rings is 6. The van der Waals surface area contributed by atoms with E-state index in [4.69, 9.17) is 0 Å². The molecule has 3 nitrogen and oxygen atoms in total. The zero-order valence-electron chi connectivity index (χ0n) is 21.9. The number of hydrogen-bond donors (Lipinski definition) is 2. The highest BCUT2D eigenvalue weighted by molar-refractivity contribution is 6.58. The highest BCUT2D eigenvalue weighted by atomic mass is 16.4. The van der Waals surface area contributed by atoms with Gasteiger partial charge in [-0.05, 0) is 63.6 Å². The lowest BCUT2D eigenvalue weighted by Gasteiger charge is -2.28. The standard InChI is InChI=1S/C36H28BNO2/c39-37(40)32-21-25-34(26-22-32)38(36-14-8-7-13-35(36)31-11-5-2-6-12-31)33-23-19-30(20-24-33)29-17-15-28(16-18-29)27-9-3-1-4-10-27/h1-26,39-40H. The van der Waals surface area contributed by atoms with Crippen LogP contribution in [-0.4, -0.2) is 17.2 Å². The molecule has 0 unspecified atom stereocenters. The van der Waals surface area contributed by atoms with Crippen LogP contribution in [-0.2, 0) is 0 Å². The quantitative estimate of drug-likeness (QED) is 0.212. The van der Waals surface area contributed by atoms with E-state index in [1.807, 2.05) is 42.5 Å². The van der Waals surface area contributed by atoms with Gasteiger partial charge in [0, 0.05) is 16.9 Å². The normalized spacial score (nSPS) is 10.8. The minimum absolute atomic E-state index is 0.453. The Labute approximate surface area is 235 Å². The first-order valence-electron chi connectivity index (χ1n) is 13.3. The van der Waals surface area contributed by atoms with E-state index in [1.165, 1.54) is 11.1 Å². The molecule has 6 aromatic carbocycles. The molecule has 0 saturated carbocycles. The van der Waals surface area contributed by atoms with Crippen molar-refractivity contribution in [1.82, 2.24) is 0 Å². The minimum Gasteiger partial charge on any atom is -0.423 e. The molecule has 0 bridgehead atoms. The summed E-state index contributed by atoms with van der Waals surface area (Å²) < 4.78 is 0. The summed E-state index contributed by atoms with van der Waals surface area (Å²) in [5.74, 6) is 0. The zero-order chi connectivity index (χ0) is 27.3. The van der Waals surface area contributed by atoms with Gasteiger partial charge in [-0.3, -0.25) is 0 Å². The predicted molar refractivity (Wildman–Crippen MR) is 167 cm³/mol. The molecule has 192 valence electrons. The zero-order valence-corrected chi connectivity index (χ0v) is 21.9. The van der Waals surface area contributed by atoms with Crippen LogP contribution in [0.3, 0.4) is 0 Å². The Morgan fingerprint density at radius 1 is 0.375 bits per heavy atom. The summed E-state index contributed by atoms with van der Waals surface area (Å²) in [6.45, 7) is 0. The van der Waals surface area contributed by atoms with Crippen LogP contribution in [0.4, 0.5) is 17.1 Å². The summed E-state index contributed by atoms with van der Waals surface area (Å²) in [5.41, 5.74) is 10.3. The highest BCUT2D eigenvalue weighted by Crippen LogP contribution is 2.41. The van der Waals surface area contributed by atoms with Crippen molar-refractivity contribution in [3.63, 3.8) is 0 Å². The fourth-order valence-corrected chi connectivity index (χ4v) is 5.04. The van der Waals surface area contributed by atoms with Gasteiger partial charge in [0.25, 0.3) is 0 Å². The molecule has 6 rings (SSSR count). The molecule has 0 amide bonds. The summed E-state index contributed by atoms with van der Waals surface area (Å²) in [6.07, 6.45) is 0. The van der Waals surface area contributed by atoms with Gasteiger partial charge in [-0.15, -0.1) is 0 Å². The topological polar surface area (TPSA) is 43.7 Å². The van der Waals surface area contributed by atoms with E-state index in [-0.39, 0.29) is 0 Å². The number of anilines is 3. The van der Waals surface area contributed by atoms with Crippen LogP contribution in [0, 0.1) is 0 Å². The summed E-state index contributed by atoms with van der Waals surface area (Å²) >= 11 is 0. The predicted octanol–water partition coefficient (Wildman–Crippen LogP) is 7.84. The Kier molecular flexibility index (Phi) is 7.27. The van der Waals surface area contributed by atoms with Gasteiger partial charge in [0.2, 0.25) is 0 Å². The van der Waals surface area contributed by atoms with Crippen LogP contribution >= 0.6 is 0 Å². The van der Waals surface area contributed by atoms with Gasteiger partial charge in [0.15, 0.2) is 0 Å². The van der Waals surface area contributed by atoms with Gasteiger partial charge < -0.3 is 14.9 Å². The maximum absolute atomic E-state index is 9.64. The van der Waals surface area contributed by atoms with Crippen molar-refractivity contribution >= 4 is 29.6 Å². The SMILES string of the molecule is OB(O)c1ccc(N(c2ccc(-c3ccc(-c4ccccc4)cc3)cc2)c2ccccc2-c2ccccc2)cc1. The lowest BCUT2D eigenvalue weighted by Crippen LogP contribution is -2.29. The average molecular weight is 517 g/mol. The number of nitrogens with zero attached hydrogens (tertiary/aromatic N) is 1. The lowest BCUT2D eigenvalue weighted by molar-refractivity contribution is 0.426. The van der Waals surface area contributed by atoms with E-state index >= 15 is 0 Å². The minimum atomic E-state index is -1.51. The van der Waals surface area contributed by atoms with E-state index in [0.717, 1.165) is 39.3 Å². The Hall–Kier alpha value is -4.90. The fraction of sp³-hybridized carbons (Fsp3) is 0. The van der Waals surface area contributed by atoms with Gasteiger partial charge in [0.1, 0.15) is 0 Å². The van der Waals surface area contributed by atoms with Crippen molar-refractivity contribution in [3.05, 3.63) is 158 Å². The second kappa shape index (κ2) is 11.5. The third-order valence-electron chi connectivity index (χ3n) is 7.13. The third-order valence-corrected chi connectivity index (χ3v) is 7.13. The third kappa shape index (κ3) is 5.32. The molecule has 0 aromatic heterocycles. The van der Waals surface area contributed by atoms with E-state index in [9.17, 15) is 10.0 Å². The Bertz CT molecular complexity index is 1680. The summed E-state index contributed by atoms with van der Waals surface area (Å²) in [5, 5.41) is 19.3. The largest absolute Gasteiger partial charge is 0.488 e. The van der Waals surface area contributed by atoms with Gasteiger partial charge in [-0.25, -0.2) is 0 Å². The van der Waals surface area contributed by atoms with E-state index in [2.05, 4.69) is 108 Å². The van der Waals surface area contributed by atoms with Gasteiger partial charge in [0.05, 0.1) is 5.69 Å². The van der Waals surface area contributed by atoms with Crippen LogP contribution in [0.1, 0.15) is 0 Å². The first kappa shape index (κ1) is 25.4. The van der Waals surface area contributed by atoms with Crippen LogP contribution < -0.4 is 10.4 Å². The molecule has 0 aliphatic heterocycles. The molecule has 0 fully saturated rings. The molecule has 0 atom stereocenters. The van der Waals surface area contributed by atoms with E-state index in [1.54, 1.807) is 12.1 Å². The first-order chi connectivity index (χ1) is 19.7. The first-order valence-corrected chi connectivity index (χ1v) is 13.3. The molecule has 0 aliphatic rings. The van der Waals surface area contributed by atoms with Crippen LogP contribution in [0.25, 0.3) is 33.4 Å². The van der Waals surface area contributed by atoms with Crippen molar-refractivity contribution in [1.29, 1.82) is 0 Å². The molecule has 40 heavy (non-hydrogen) atoms. The Balaban J connectivity index is 1.39. The maximum atomic E-state index is 9.64.